The fraction of sp³-hybridized carbons (Fsp3) is 1.00. The summed E-state index contributed by atoms with van der Waals surface area (Å²) in [7, 11) is 0. The minimum atomic E-state index is 0.433. The summed E-state index contributed by atoms with van der Waals surface area (Å²) in [5.41, 5.74) is 0. The molecule has 1 fully saturated rings. The van der Waals surface area contributed by atoms with Gasteiger partial charge in [0.2, 0.25) is 0 Å². The summed E-state index contributed by atoms with van der Waals surface area (Å²) < 4.78 is 5.79. The van der Waals surface area contributed by atoms with Crippen molar-refractivity contribution in [2.75, 3.05) is 26.0 Å². The SMILES string of the molecule is CCC(CC)(CNC1CCOC1)SC. The van der Waals surface area contributed by atoms with Gasteiger partial charge in [0.25, 0.3) is 0 Å². The standard InChI is InChI=1S/C11H23NOS/c1-4-11(5-2,14-3)9-12-10-6-7-13-8-10/h10,12H,4-9H2,1-3H3. The Morgan fingerprint density at radius 1 is 1.43 bits per heavy atom. The molecular weight excluding hydrogens is 194 g/mol. The zero-order valence-electron chi connectivity index (χ0n) is 9.64. The molecule has 1 aliphatic rings. The van der Waals surface area contributed by atoms with E-state index in [-0.39, 0.29) is 0 Å². The molecule has 2 nitrogen and oxygen atoms in total. The first kappa shape index (κ1) is 12.3. The van der Waals surface area contributed by atoms with Crippen molar-refractivity contribution >= 4 is 11.8 Å². The molecule has 0 radical (unpaired) electrons. The van der Waals surface area contributed by atoms with Gasteiger partial charge in [0.1, 0.15) is 0 Å². The first-order chi connectivity index (χ1) is 6.76. The lowest BCUT2D eigenvalue weighted by Crippen LogP contribution is -2.41. The quantitative estimate of drug-likeness (QED) is 0.737. The molecule has 1 heterocycles. The van der Waals surface area contributed by atoms with E-state index in [9.17, 15) is 0 Å². The molecule has 0 amide bonds. The van der Waals surface area contributed by atoms with Crippen molar-refractivity contribution in [1.82, 2.24) is 5.32 Å². The molecule has 1 unspecified atom stereocenters. The lowest BCUT2D eigenvalue weighted by molar-refractivity contribution is 0.189. The van der Waals surface area contributed by atoms with E-state index in [0.717, 1.165) is 19.8 Å². The summed E-state index contributed by atoms with van der Waals surface area (Å²) in [4.78, 5) is 0. The maximum absolute atomic E-state index is 5.35. The maximum atomic E-state index is 5.35. The minimum Gasteiger partial charge on any atom is -0.380 e. The maximum Gasteiger partial charge on any atom is 0.0620 e. The predicted octanol–water partition coefficient (Wildman–Crippen LogP) is 2.29. The lowest BCUT2D eigenvalue weighted by Gasteiger charge is -2.31. The zero-order valence-corrected chi connectivity index (χ0v) is 10.5. The highest BCUT2D eigenvalue weighted by Gasteiger charge is 2.26. The number of ether oxygens (including phenoxy) is 1. The molecule has 0 aromatic carbocycles. The van der Waals surface area contributed by atoms with Crippen LogP contribution in [0.4, 0.5) is 0 Å². The normalized spacial score (nSPS) is 22.9. The second-order valence-electron chi connectivity index (χ2n) is 4.04. The van der Waals surface area contributed by atoms with Gasteiger partial charge in [-0.25, -0.2) is 0 Å². The van der Waals surface area contributed by atoms with E-state index in [1.807, 2.05) is 11.8 Å². The van der Waals surface area contributed by atoms with Crippen molar-refractivity contribution in [2.24, 2.45) is 0 Å². The Hall–Kier alpha value is 0.270. The van der Waals surface area contributed by atoms with Crippen LogP contribution in [0, 0.1) is 0 Å². The van der Waals surface area contributed by atoms with Crippen LogP contribution in [-0.4, -0.2) is 36.8 Å². The predicted molar refractivity (Wildman–Crippen MR) is 64.1 cm³/mol. The van der Waals surface area contributed by atoms with Gasteiger partial charge >= 0.3 is 0 Å². The van der Waals surface area contributed by atoms with Crippen LogP contribution in [0.25, 0.3) is 0 Å². The highest BCUT2D eigenvalue weighted by molar-refractivity contribution is 8.00. The fourth-order valence-corrected chi connectivity index (χ4v) is 2.69. The Bertz CT molecular complexity index is 145. The number of hydrogen-bond acceptors (Lipinski definition) is 3. The molecule has 1 aliphatic heterocycles. The van der Waals surface area contributed by atoms with Gasteiger partial charge in [-0.05, 0) is 25.5 Å². The van der Waals surface area contributed by atoms with Crippen molar-refractivity contribution in [2.45, 2.75) is 43.9 Å². The van der Waals surface area contributed by atoms with Crippen LogP contribution in [0.15, 0.2) is 0 Å². The third-order valence-electron chi connectivity index (χ3n) is 3.36. The zero-order chi connectivity index (χ0) is 10.4. The Kier molecular flexibility index (Phi) is 5.28. The summed E-state index contributed by atoms with van der Waals surface area (Å²) in [6.45, 7) is 7.52. The summed E-state index contributed by atoms with van der Waals surface area (Å²) in [5.74, 6) is 0. The van der Waals surface area contributed by atoms with E-state index in [0.29, 0.717) is 10.8 Å². The van der Waals surface area contributed by atoms with Gasteiger partial charge in [0.05, 0.1) is 6.61 Å². The molecule has 0 saturated carbocycles. The third kappa shape index (κ3) is 3.14. The molecule has 1 saturated heterocycles. The molecule has 1 rings (SSSR count). The van der Waals surface area contributed by atoms with E-state index in [2.05, 4.69) is 25.4 Å². The minimum absolute atomic E-state index is 0.433. The van der Waals surface area contributed by atoms with Crippen LogP contribution in [0.2, 0.25) is 0 Å². The van der Waals surface area contributed by atoms with Gasteiger partial charge in [-0.2, -0.15) is 11.8 Å². The van der Waals surface area contributed by atoms with Crippen LogP contribution in [0.3, 0.4) is 0 Å². The lowest BCUT2D eigenvalue weighted by atomic mass is 10.0. The highest BCUT2D eigenvalue weighted by Crippen LogP contribution is 2.29. The average molecular weight is 217 g/mol. The van der Waals surface area contributed by atoms with Gasteiger partial charge < -0.3 is 10.1 Å². The second kappa shape index (κ2) is 5.99. The molecule has 1 atom stereocenters. The van der Waals surface area contributed by atoms with Gasteiger partial charge in [-0.3, -0.25) is 0 Å². The summed E-state index contributed by atoms with van der Waals surface area (Å²) in [6, 6.07) is 0.597. The summed E-state index contributed by atoms with van der Waals surface area (Å²) >= 11 is 2.00. The number of hydrogen-bond donors (Lipinski definition) is 1. The van der Waals surface area contributed by atoms with Crippen LogP contribution in [-0.2, 0) is 4.74 Å². The van der Waals surface area contributed by atoms with Crippen LogP contribution in [0.5, 0.6) is 0 Å². The van der Waals surface area contributed by atoms with Crippen molar-refractivity contribution in [3.63, 3.8) is 0 Å². The Balaban J connectivity index is 2.31. The summed E-state index contributed by atoms with van der Waals surface area (Å²) in [6.07, 6.45) is 5.88. The fourth-order valence-electron chi connectivity index (χ4n) is 1.89. The monoisotopic (exact) mass is 217 g/mol. The number of rotatable bonds is 6. The number of thioether (sulfide) groups is 1. The molecule has 0 aromatic rings. The number of nitrogens with one attached hydrogen (secondary N) is 1. The van der Waals surface area contributed by atoms with Crippen LogP contribution < -0.4 is 5.32 Å². The molecule has 0 spiro atoms. The smallest absolute Gasteiger partial charge is 0.0620 e. The Morgan fingerprint density at radius 3 is 2.57 bits per heavy atom. The van der Waals surface area contributed by atoms with Crippen molar-refractivity contribution in [3.05, 3.63) is 0 Å². The first-order valence-electron chi connectivity index (χ1n) is 5.62. The molecular formula is C11H23NOS. The first-order valence-corrected chi connectivity index (χ1v) is 6.85. The molecule has 0 aliphatic carbocycles. The van der Waals surface area contributed by atoms with Gasteiger partial charge in [-0.15, -0.1) is 0 Å². The van der Waals surface area contributed by atoms with Gasteiger partial charge in [0, 0.05) is 23.9 Å². The van der Waals surface area contributed by atoms with Gasteiger partial charge in [-0.1, -0.05) is 13.8 Å². The second-order valence-corrected chi connectivity index (χ2v) is 5.31. The largest absolute Gasteiger partial charge is 0.380 e. The molecule has 0 aromatic heterocycles. The van der Waals surface area contributed by atoms with Crippen LogP contribution in [0.1, 0.15) is 33.1 Å². The van der Waals surface area contributed by atoms with E-state index in [4.69, 9.17) is 4.74 Å². The van der Waals surface area contributed by atoms with Crippen LogP contribution >= 0.6 is 11.8 Å². The van der Waals surface area contributed by atoms with Crippen molar-refractivity contribution in [3.8, 4) is 0 Å². The third-order valence-corrected chi connectivity index (χ3v) is 4.95. The average Bonchev–Trinajstić information content (AvgIpc) is 2.74. The topological polar surface area (TPSA) is 21.3 Å². The van der Waals surface area contributed by atoms with Gasteiger partial charge in [0.15, 0.2) is 0 Å². The Morgan fingerprint density at radius 2 is 2.14 bits per heavy atom. The van der Waals surface area contributed by atoms with E-state index < -0.39 is 0 Å². The molecule has 14 heavy (non-hydrogen) atoms. The van der Waals surface area contributed by atoms with E-state index in [1.54, 1.807) is 0 Å². The molecule has 1 N–H and O–H groups in total. The van der Waals surface area contributed by atoms with E-state index in [1.165, 1.54) is 19.3 Å². The molecule has 3 heteroatoms. The molecule has 0 bridgehead atoms. The summed E-state index contributed by atoms with van der Waals surface area (Å²) in [5, 5.41) is 3.63. The molecule has 84 valence electrons. The Labute approximate surface area is 92.2 Å². The van der Waals surface area contributed by atoms with E-state index >= 15 is 0 Å². The highest BCUT2D eigenvalue weighted by atomic mass is 32.2. The van der Waals surface area contributed by atoms with Crippen molar-refractivity contribution in [1.29, 1.82) is 0 Å². The van der Waals surface area contributed by atoms with Crippen molar-refractivity contribution < 1.29 is 4.74 Å².